The Balaban J connectivity index is 1.53. The fourth-order valence-corrected chi connectivity index (χ4v) is 3.10. The number of morpholine rings is 1. The van der Waals surface area contributed by atoms with Crippen LogP contribution < -0.4 is 4.90 Å². The molecule has 0 spiro atoms. The molecule has 5 heteroatoms. The minimum Gasteiger partial charge on any atom is -0.387 e. The molecule has 3 rings (SSSR count). The molecule has 1 aliphatic heterocycles. The third-order valence-corrected chi connectivity index (χ3v) is 4.50. The van der Waals surface area contributed by atoms with Gasteiger partial charge in [-0.25, -0.2) is 4.39 Å². The largest absolute Gasteiger partial charge is 0.387 e. The molecule has 0 radical (unpaired) electrons. The Morgan fingerprint density at radius 1 is 1.08 bits per heavy atom. The van der Waals surface area contributed by atoms with Crippen molar-refractivity contribution in [1.29, 1.82) is 0 Å². The van der Waals surface area contributed by atoms with E-state index in [1.54, 1.807) is 12.1 Å². The van der Waals surface area contributed by atoms with Gasteiger partial charge in [0.15, 0.2) is 0 Å². The summed E-state index contributed by atoms with van der Waals surface area (Å²) in [5.74, 6) is -0.287. The molecule has 1 fully saturated rings. The molecule has 2 aromatic carbocycles. The molecule has 1 N–H and O–H groups in total. The van der Waals surface area contributed by atoms with Crippen LogP contribution in [0.4, 0.5) is 10.1 Å². The smallest absolute Gasteiger partial charge is 0.123 e. The van der Waals surface area contributed by atoms with Crippen LogP contribution in [0.25, 0.3) is 0 Å². The number of aliphatic hydroxyl groups is 1. The normalized spacial score (nSPS) is 16.2. The van der Waals surface area contributed by atoms with Crippen LogP contribution in [0.15, 0.2) is 48.5 Å². The summed E-state index contributed by atoms with van der Waals surface area (Å²) in [5, 5.41) is 10.3. The molecule has 25 heavy (non-hydrogen) atoms. The van der Waals surface area contributed by atoms with Crippen molar-refractivity contribution in [3.05, 3.63) is 65.5 Å². The number of anilines is 1. The highest BCUT2D eigenvalue weighted by Gasteiger charge is 2.13. The van der Waals surface area contributed by atoms with Gasteiger partial charge < -0.3 is 14.7 Å². The summed E-state index contributed by atoms with van der Waals surface area (Å²) in [6, 6.07) is 14.6. The predicted octanol–water partition coefficient (Wildman–Crippen LogP) is 2.83. The van der Waals surface area contributed by atoms with Crippen LogP contribution in [0.5, 0.6) is 0 Å². The maximum absolute atomic E-state index is 13.0. The van der Waals surface area contributed by atoms with Crippen LogP contribution in [0.3, 0.4) is 0 Å². The van der Waals surface area contributed by atoms with E-state index >= 15 is 0 Å². The maximum Gasteiger partial charge on any atom is 0.123 e. The number of halogens is 1. The molecule has 1 atom stereocenters. The maximum atomic E-state index is 13.0. The third-order valence-electron chi connectivity index (χ3n) is 4.50. The Labute approximate surface area is 148 Å². The standard InChI is InChI=1S/C20H25FN2O2/c1-22(15-20(24)17-4-6-18(21)7-5-17)14-16-2-8-19(9-3-16)23-10-12-25-13-11-23/h2-9,20,24H,10-15H2,1H3. The minimum absolute atomic E-state index is 0.287. The van der Waals surface area contributed by atoms with Crippen LogP contribution in [-0.4, -0.2) is 49.9 Å². The lowest BCUT2D eigenvalue weighted by Gasteiger charge is -2.29. The van der Waals surface area contributed by atoms with Gasteiger partial charge in [-0.2, -0.15) is 0 Å². The molecule has 0 saturated carbocycles. The van der Waals surface area contributed by atoms with Crippen molar-refractivity contribution in [2.24, 2.45) is 0 Å². The minimum atomic E-state index is -0.627. The molecule has 0 aromatic heterocycles. The number of hydrogen-bond donors (Lipinski definition) is 1. The molecule has 0 aliphatic carbocycles. The number of hydrogen-bond acceptors (Lipinski definition) is 4. The van der Waals surface area contributed by atoms with Gasteiger partial charge in [-0.05, 0) is 42.4 Å². The van der Waals surface area contributed by atoms with Crippen LogP contribution in [0, 0.1) is 5.82 Å². The highest BCUT2D eigenvalue weighted by atomic mass is 19.1. The lowest BCUT2D eigenvalue weighted by molar-refractivity contribution is 0.122. The molecule has 4 nitrogen and oxygen atoms in total. The average Bonchev–Trinajstić information content (AvgIpc) is 2.63. The molecule has 0 bridgehead atoms. The van der Waals surface area contributed by atoms with Gasteiger partial charge in [0.05, 0.1) is 19.3 Å². The quantitative estimate of drug-likeness (QED) is 0.874. The van der Waals surface area contributed by atoms with Gasteiger partial charge in [0.25, 0.3) is 0 Å². The van der Waals surface area contributed by atoms with Gasteiger partial charge in [0.2, 0.25) is 0 Å². The van der Waals surface area contributed by atoms with Gasteiger partial charge >= 0.3 is 0 Å². The Hall–Kier alpha value is -1.95. The molecular formula is C20H25FN2O2. The first-order chi connectivity index (χ1) is 12.1. The second-order valence-corrected chi connectivity index (χ2v) is 6.53. The first-order valence-corrected chi connectivity index (χ1v) is 8.65. The van der Waals surface area contributed by atoms with E-state index in [1.165, 1.54) is 23.4 Å². The van der Waals surface area contributed by atoms with Gasteiger partial charge in [-0.1, -0.05) is 24.3 Å². The number of ether oxygens (including phenoxy) is 1. The summed E-state index contributed by atoms with van der Waals surface area (Å²) < 4.78 is 18.3. The molecule has 1 aliphatic rings. The van der Waals surface area contributed by atoms with E-state index in [-0.39, 0.29) is 5.82 Å². The number of rotatable bonds is 6. The van der Waals surface area contributed by atoms with Crippen molar-refractivity contribution in [1.82, 2.24) is 4.90 Å². The number of likely N-dealkylation sites (N-methyl/N-ethyl adjacent to an activating group) is 1. The second kappa shape index (κ2) is 8.43. The van der Waals surface area contributed by atoms with E-state index in [4.69, 9.17) is 4.74 Å². The van der Waals surface area contributed by atoms with E-state index in [2.05, 4.69) is 34.1 Å². The van der Waals surface area contributed by atoms with Crippen molar-refractivity contribution in [2.75, 3.05) is 44.8 Å². The zero-order chi connectivity index (χ0) is 17.6. The van der Waals surface area contributed by atoms with E-state index in [0.29, 0.717) is 6.54 Å². The fraction of sp³-hybridized carbons (Fsp3) is 0.400. The van der Waals surface area contributed by atoms with Gasteiger partial charge in [-0.15, -0.1) is 0 Å². The zero-order valence-electron chi connectivity index (χ0n) is 14.6. The molecule has 1 saturated heterocycles. The lowest BCUT2D eigenvalue weighted by Crippen LogP contribution is -2.36. The predicted molar refractivity (Wildman–Crippen MR) is 97.2 cm³/mol. The van der Waals surface area contributed by atoms with Crippen molar-refractivity contribution in [3.63, 3.8) is 0 Å². The second-order valence-electron chi connectivity index (χ2n) is 6.53. The monoisotopic (exact) mass is 344 g/mol. The molecule has 1 unspecified atom stereocenters. The van der Waals surface area contributed by atoms with E-state index in [9.17, 15) is 9.50 Å². The van der Waals surface area contributed by atoms with Gasteiger partial charge in [0.1, 0.15) is 5.82 Å². The summed E-state index contributed by atoms with van der Waals surface area (Å²) in [4.78, 5) is 4.40. The summed E-state index contributed by atoms with van der Waals surface area (Å²) >= 11 is 0. The Morgan fingerprint density at radius 2 is 1.72 bits per heavy atom. The first-order valence-electron chi connectivity index (χ1n) is 8.65. The molecular weight excluding hydrogens is 319 g/mol. The third kappa shape index (κ3) is 5.01. The lowest BCUT2D eigenvalue weighted by atomic mass is 10.1. The summed E-state index contributed by atoms with van der Waals surface area (Å²) in [6.07, 6.45) is -0.627. The Kier molecular flexibility index (Phi) is 6.02. The Bertz CT molecular complexity index is 654. The van der Waals surface area contributed by atoms with E-state index in [1.807, 2.05) is 7.05 Å². The van der Waals surface area contributed by atoms with Crippen LogP contribution in [0.2, 0.25) is 0 Å². The van der Waals surface area contributed by atoms with Crippen LogP contribution in [0.1, 0.15) is 17.2 Å². The molecule has 1 heterocycles. The molecule has 0 amide bonds. The number of aliphatic hydroxyl groups excluding tert-OH is 1. The van der Waals surface area contributed by atoms with Gasteiger partial charge in [-0.3, -0.25) is 4.90 Å². The van der Waals surface area contributed by atoms with Crippen molar-refractivity contribution >= 4 is 5.69 Å². The van der Waals surface area contributed by atoms with Crippen molar-refractivity contribution in [3.8, 4) is 0 Å². The fourth-order valence-electron chi connectivity index (χ4n) is 3.10. The average molecular weight is 344 g/mol. The van der Waals surface area contributed by atoms with E-state index < -0.39 is 6.10 Å². The molecule has 134 valence electrons. The van der Waals surface area contributed by atoms with E-state index in [0.717, 1.165) is 38.4 Å². The van der Waals surface area contributed by atoms with Crippen LogP contribution >= 0.6 is 0 Å². The summed E-state index contributed by atoms with van der Waals surface area (Å²) in [5.41, 5.74) is 3.16. The summed E-state index contributed by atoms with van der Waals surface area (Å²) in [6.45, 7) is 4.68. The Morgan fingerprint density at radius 3 is 2.36 bits per heavy atom. The summed E-state index contributed by atoms with van der Waals surface area (Å²) in [7, 11) is 1.97. The van der Waals surface area contributed by atoms with Crippen LogP contribution in [-0.2, 0) is 11.3 Å². The molecule has 2 aromatic rings. The van der Waals surface area contributed by atoms with Crippen molar-refractivity contribution < 1.29 is 14.2 Å². The topological polar surface area (TPSA) is 35.9 Å². The van der Waals surface area contributed by atoms with Crippen molar-refractivity contribution in [2.45, 2.75) is 12.6 Å². The number of nitrogens with zero attached hydrogens (tertiary/aromatic N) is 2. The zero-order valence-corrected chi connectivity index (χ0v) is 14.6. The highest BCUT2D eigenvalue weighted by molar-refractivity contribution is 5.47. The number of benzene rings is 2. The van der Waals surface area contributed by atoms with Gasteiger partial charge in [0, 0.05) is 31.9 Å². The SMILES string of the molecule is CN(Cc1ccc(N2CCOCC2)cc1)CC(O)c1ccc(F)cc1. The highest BCUT2D eigenvalue weighted by Crippen LogP contribution is 2.19. The first kappa shape index (κ1) is 17.9.